The molecule has 110 valence electrons. The fourth-order valence-electron chi connectivity index (χ4n) is 2.46. The lowest BCUT2D eigenvalue weighted by atomic mass is 10.0. The van der Waals surface area contributed by atoms with Gasteiger partial charge >= 0.3 is 0 Å². The molecular formula is C13H11BrF2N4O. The number of carbonyl (C=O) groups is 1. The number of nitrogens with one attached hydrogen (secondary N) is 1. The maximum atomic E-state index is 14.0. The minimum absolute atomic E-state index is 0.0759. The molecule has 1 atom stereocenters. The summed E-state index contributed by atoms with van der Waals surface area (Å²) in [5.74, 6) is -1.39. The summed E-state index contributed by atoms with van der Waals surface area (Å²) < 4.78 is 29.0. The second kappa shape index (κ2) is 5.10. The van der Waals surface area contributed by atoms with E-state index in [4.69, 9.17) is 5.73 Å². The Morgan fingerprint density at radius 3 is 2.90 bits per heavy atom. The van der Waals surface area contributed by atoms with Gasteiger partial charge in [-0.15, -0.1) is 0 Å². The van der Waals surface area contributed by atoms with E-state index in [0.717, 1.165) is 6.07 Å². The summed E-state index contributed by atoms with van der Waals surface area (Å²) in [6.07, 6.45) is 0.557. The van der Waals surface area contributed by atoms with Gasteiger partial charge in [-0.1, -0.05) is 6.07 Å². The van der Waals surface area contributed by atoms with Gasteiger partial charge in [0.2, 0.25) is 0 Å². The van der Waals surface area contributed by atoms with E-state index >= 15 is 0 Å². The molecule has 2 heterocycles. The van der Waals surface area contributed by atoms with E-state index in [1.807, 2.05) is 0 Å². The van der Waals surface area contributed by atoms with Crippen LogP contribution in [-0.2, 0) is 0 Å². The summed E-state index contributed by atoms with van der Waals surface area (Å²) in [6, 6.07) is 3.01. The zero-order chi connectivity index (χ0) is 15.1. The van der Waals surface area contributed by atoms with E-state index in [0.29, 0.717) is 28.8 Å². The first kappa shape index (κ1) is 14.0. The van der Waals surface area contributed by atoms with Crippen LogP contribution in [0.15, 0.2) is 22.7 Å². The van der Waals surface area contributed by atoms with Gasteiger partial charge < -0.3 is 11.1 Å². The van der Waals surface area contributed by atoms with Gasteiger partial charge in [0.1, 0.15) is 17.5 Å². The van der Waals surface area contributed by atoms with E-state index in [1.165, 1.54) is 16.8 Å². The highest BCUT2D eigenvalue weighted by Crippen LogP contribution is 2.36. The molecule has 0 saturated heterocycles. The van der Waals surface area contributed by atoms with Crippen LogP contribution in [0.1, 0.15) is 28.5 Å². The van der Waals surface area contributed by atoms with Crippen LogP contribution in [-0.4, -0.2) is 22.2 Å². The molecule has 1 amide bonds. The fraction of sp³-hybridized carbons (Fsp3) is 0.231. The standard InChI is InChI=1S/C13H11BrF2N4O/c14-10-11(12(17)21)19-20-9(3-4-18-13(10)20)7-2-1-6(15)5-8(7)16/h1-2,5,9,18H,3-4H2,(H2,17,21). The van der Waals surface area contributed by atoms with Gasteiger partial charge in [-0.05, 0) is 28.4 Å². The third-order valence-electron chi connectivity index (χ3n) is 3.41. The SMILES string of the molecule is NC(=O)c1nn2c(c1Br)NCCC2c1ccc(F)cc1F. The van der Waals surface area contributed by atoms with Crippen LogP contribution in [0.3, 0.4) is 0 Å². The molecule has 5 nitrogen and oxygen atoms in total. The topological polar surface area (TPSA) is 72.9 Å². The van der Waals surface area contributed by atoms with Gasteiger partial charge in [-0.2, -0.15) is 5.10 Å². The Balaban J connectivity index is 2.12. The second-order valence-electron chi connectivity index (χ2n) is 4.72. The first-order valence-corrected chi connectivity index (χ1v) is 7.05. The largest absolute Gasteiger partial charge is 0.369 e. The molecule has 21 heavy (non-hydrogen) atoms. The van der Waals surface area contributed by atoms with Crippen molar-refractivity contribution in [3.63, 3.8) is 0 Å². The van der Waals surface area contributed by atoms with E-state index in [2.05, 4.69) is 26.3 Å². The molecule has 0 spiro atoms. The van der Waals surface area contributed by atoms with E-state index < -0.39 is 23.6 Å². The van der Waals surface area contributed by atoms with Gasteiger partial charge in [0.05, 0.1) is 10.5 Å². The maximum Gasteiger partial charge on any atom is 0.270 e. The van der Waals surface area contributed by atoms with Gasteiger partial charge in [0.25, 0.3) is 5.91 Å². The van der Waals surface area contributed by atoms with Crippen LogP contribution in [0, 0.1) is 11.6 Å². The minimum Gasteiger partial charge on any atom is -0.369 e. The van der Waals surface area contributed by atoms with Gasteiger partial charge in [-0.25, -0.2) is 13.5 Å². The molecule has 0 bridgehead atoms. The van der Waals surface area contributed by atoms with Crippen LogP contribution < -0.4 is 11.1 Å². The Labute approximate surface area is 127 Å². The lowest BCUT2D eigenvalue weighted by Crippen LogP contribution is -2.25. The maximum absolute atomic E-state index is 14.0. The Morgan fingerprint density at radius 2 is 2.24 bits per heavy atom. The average molecular weight is 357 g/mol. The average Bonchev–Trinajstić information content (AvgIpc) is 2.77. The number of halogens is 3. The van der Waals surface area contributed by atoms with Crippen molar-refractivity contribution in [2.75, 3.05) is 11.9 Å². The molecule has 0 saturated carbocycles. The number of rotatable bonds is 2. The number of amides is 1. The smallest absolute Gasteiger partial charge is 0.270 e. The number of primary amides is 1. The lowest BCUT2D eigenvalue weighted by Gasteiger charge is -2.26. The third-order valence-corrected chi connectivity index (χ3v) is 4.16. The van der Waals surface area contributed by atoms with Crippen molar-refractivity contribution in [3.8, 4) is 0 Å². The summed E-state index contributed by atoms with van der Waals surface area (Å²) in [7, 11) is 0. The number of nitrogens with zero attached hydrogens (tertiary/aromatic N) is 2. The number of benzene rings is 1. The molecule has 3 N–H and O–H groups in total. The summed E-state index contributed by atoms with van der Waals surface area (Å²) in [6.45, 7) is 0.573. The predicted molar refractivity (Wildman–Crippen MR) is 76.0 cm³/mol. The van der Waals surface area contributed by atoms with Crippen molar-refractivity contribution in [2.24, 2.45) is 5.73 Å². The molecule has 1 aromatic carbocycles. The quantitative estimate of drug-likeness (QED) is 0.867. The van der Waals surface area contributed by atoms with Crippen LogP contribution in [0.4, 0.5) is 14.6 Å². The van der Waals surface area contributed by atoms with Crippen molar-refractivity contribution in [1.82, 2.24) is 9.78 Å². The molecule has 1 aliphatic rings. The number of fused-ring (bicyclic) bond motifs is 1. The summed E-state index contributed by atoms with van der Waals surface area (Å²) in [4.78, 5) is 11.4. The number of hydrogen-bond acceptors (Lipinski definition) is 3. The highest BCUT2D eigenvalue weighted by atomic mass is 79.9. The van der Waals surface area contributed by atoms with E-state index in [-0.39, 0.29) is 5.69 Å². The normalized spacial score (nSPS) is 17.2. The molecule has 1 aliphatic heterocycles. The molecule has 2 aromatic rings. The van der Waals surface area contributed by atoms with E-state index in [1.54, 1.807) is 0 Å². The van der Waals surface area contributed by atoms with Crippen LogP contribution in [0.25, 0.3) is 0 Å². The fourth-order valence-corrected chi connectivity index (χ4v) is 3.06. The zero-order valence-electron chi connectivity index (χ0n) is 10.7. The number of anilines is 1. The second-order valence-corrected chi connectivity index (χ2v) is 5.51. The van der Waals surface area contributed by atoms with Crippen molar-refractivity contribution in [1.29, 1.82) is 0 Å². The number of nitrogens with two attached hydrogens (primary N) is 1. The predicted octanol–water partition coefficient (Wildman–Crippen LogP) is 2.43. The minimum atomic E-state index is -0.677. The Morgan fingerprint density at radius 1 is 1.48 bits per heavy atom. The van der Waals surface area contributed by atoms with Gasteiger partial charge in [0, 0.05) is 18.2 Å². The number of carbonyl (C=O) groups excluding carboxylic acids is 1. The molecule has 0 aliphatic carbocycles. The molecular weight excluding hydrogens is 346 g/mol. The zero-order valence-corrected chi connectivity index (χ0v) is 12.3. The van der Waals surface area contributed by atoms with Crippen LogP contribution >= 0.6 is 15.9 Å². The Bertz CT molecular complexity index is 731. The van der Waals surface area contributed by atoms with Crippen molar-refractivity contribution in [3.05, 3.63) is 45.6 Å². The van der Waals surface area contributed by atoms with Crippen LogP contribution in [0.2, 0.25) is 0 Å². The molecule has 1 aromatic heterocycles. The highest BCUT2D eigenvalue weighted by Gasteiger charge is 2.29. The summed E-state index contributed by atoms with van der Waals surface area (Å²) >= 11 is 3.27. The molecule has 0 fully saturated rings. The first-order valence-electron chi connectivity index (χ1n) is 6.25. The Kier molecular flexibility index (Phi) is 3.40. The first-order chi connectivity index (χ1) is 9.99. The van der Waals surface area contributed by atoms with Gasteiger partial charge in [-0.3, -0.25) is 4.79 Å². The number of aromatic nitrogens is 2. The van der Waals surface area contributed by atoms with E-state index in [9.17, 15) is 13.6 Å². The Hall–Kier alpha value is -1.96. The van der Waals surface area contributed by atoms with Crippen LogP contribution in [0.5, 0.6) is 0 Å². The van der Waals surface area contributed by atoms with Crippen molar-refractivity contribution >= 4 is 27.7 Å². The van der Waals surface area contributed by atoms with Gasteiger partial charge in [0.15, 0.2) is 5.69 Å². The summed E-state index contributed by atoms with van der Waals surface area (Å²) in [5, 5.41) is 7.23. The molecule has 3 rings (SSSR count). The molecule has 0 radical (unpaired) electrons. The monoisotopic (exact) mass is 356 g/mol. The lowest BCUT2D eigenvalue weighted by molar-refractivity contribution is 0.0994. The highest BCUT2D eigenvalue weighted by molar-refractivity contribution is 9.10. The van der Waals surface area contributed by atoms with Crippen molar-refractivity contribution < 1.29 is 13.6 Å². The van der Waals surface area contributed by atoms with Crippen molar-refractivity contribution in [2.45, 2.75) is 12.5 Å². The number of hydrogen-bond donors (Lipinski definition) is 2. The molecule has 8 heteroatoms. The summed E-state index contributed by atoms with van der Waals surface area (Å²) in [5.41, 5.74) is 5.66. The third kappa shape index (κ3) is 2.29. The molecule has 1 unspecified atom stereocenters.